The van der Waals surface area contributed by atoms with E-state index >= 15 is 0 Å². The summed E-state index contributed by atoms with van der Waals surface area (Å²) in [6, 6.07) is 14.0. The van der Waals surface area contributed by atoms with Crippen molar-refractivity contribution in [3.63, 3.8) is 0 Å². The zero-order chi connectivity index (χ0) is 10.5. The third kappa shape index (κ3) is 3.03. The molecule has 15 heavy (non-hydrogen) atoms. The molecular formula is C13H10BrN. The van der Waals surface area contributed by atoms with Crippen molar-refractivity contribution in [2.45, 2.75) is 0 Å². The molecule has 2 aromatic rings. The van der Waals surface area contributed by atoms with Gasteiger partial charge in [0.1, 0.15) is 0 Å². The van der Waals surface area contributed by atoms with E-state index < -0.39 is 0 Å². The molecule has 0 atom stereocenters. The zero-order valence-electron chi connectivity index (χ0n) is 8.10. The molecule has 0 radical (unpaired) electrons. The molecule has 1 nitrogen and oxygen atoms in total. The Morgan fingerprint density at radius 2 is 1.73 bits per heavy atom. The number of hydrogen-bond donors (Lipinski definition) is 0. The van der Waals surface area contributed by atoms with Crippen LogP contribution >= 0.6 is 15.9 Å². The Labute approximate surface area is 97.6 Å². The molecule has 0 amide bonds. The van der Waals surface area contributed by atoms with E-state index in [4.69, 9.17) is 0 Å². The van der Waals surface area contributed by atoms with Crippen LogP contribution in [-0.2, 0) is 0 Å². The summed E-state index contributed by atoms with van der Waals surface area (Å²) in [4.78, 5) is 4.22. The van der Waals surface area contributed by atoms with Gasteiger partial charge in [0.15, 0.2) is 0 Å². The summed E-state index contributed by atoms with van der Waals surface area (Å²) in [7, 11) is 0. The molecule has 2 heteroatoms. The first-order valence-corrected chi connectivity index (χ1v) is 5.48. The summed E-state index contributed by atoms with van der Waals surface area (Å²) in [5.41, 5.74) is 2.14. The van der Waals surface area contributed by atoms with E-state index in [0.717, 1.165) is 10.2 Å². The predicted molar refractivity (Wildman–Crippen MR) is 67.3 cm³/mol. The van der Waals surface area contributed by atoms with Gasteiger partial charge in [0.05, 0.1) is 5.69 Å². The van der Waals surface area contributed by atoms with Crippen molar-refractivity contribution in [1.29, 1.82) is 0 Å². The number of nitrogens with zero attached hydrogens (tertiary/aromatic N) is 1. The van der Waals surface area contributed by atoms with Crippen LogP contribution in [0.2, 0.25) is 0 Å². The van der Waals surface area contributed by atoms with Crippen LogP contribution in [0.5, 0.6) is 0 Å². The summed E-state index contributed by atoms with van der Waals surface area (Å²) >= 11 is 3.41. The Hall–Kier alpha value is -1.41. The van der Waals surface area contributed by atoms with Crippen LogP contribution in [0.15, 0.2) is 53.1 Å². The molecule has 1 aromatic heterocycles. The molecule has 1 aromatic carbocycles. The van der Waals surface area contributed by atoms with Crippen molar-refractivity contribution >= 4 is 28.1 Å². The molecule has 0 aliphatic carbocycles. The number of hydrogen-bond acceptors (Lipinski definition) is 1. The third-order valence-electron chi connectivity index (χ3n) is 2.00. The highest BCUT2D eigenvalue weighted by atomic mass is 79.9. The van der Waals surface area contributed by atoms with Crippen LogP contribution in [0, 0.1) is 0 Å². The van der Waals surface area contributed by atoms with Crippen LogP contribution in [0.4, 0.5) is 0 Å². The van der Waals surface area contributed by atoms with Crippen molar-refractivity contribution in [1.82, 2.24) is 4.98 Å². The molecule has 0 bridgehead atoms. The Balaban J connectivity index is 2.15. The van der Waals surface area contributed by atoms with Crippen LogP contribution in [0.1, 0.15) is 11.3 Å². The molecule has 0 aliphatic heterocycles. The summed E-state index contributed by atoms with van der Waals surface area (Å²) < 4.78 is 1.09. The molecule has 1 heterocycles. The first-order chi connectivity index (χ1) is 7.34. The molecule has 0 unspecified atom stereocenters. The van der Waals surface area contributed by atoms with E-state index in [1.165, 1.54) is 5.56 Å². The molecular weight excluding hydrogens is 250 g/mol. The average molecular weight is 260 g/mol. The van der Waals surface area contributed by atoms with E-state index in [2.05, 4.69) is 39.1 Å². The molecule has 0 N–H and O–H groups in total. The lowest BCUT2D eigenvalue weighted by molar-refractivity contribution is 1.30. The van der Waals surface area contributed by atoms with Gasteiger partial charge in [0.25, 0.3) is 0 Å². The minimum absolute atomic E-state index is 0.973. The number of benzene rings is 1. The molecule has 0 spiro atoms. The Bertz CT molecular complexity index is 446. The van der Waals surface area contributed by atoms with E-state index in [0.29, 0.717) is 0 Å². The van der Waals surface area contributed by atoms with Gasteiger partial charge >= 0.3 is 0 Å². The van der Waals surface area contributed by atoms with Gasteiger partial charge in [-0.15, -0.1) is 0 Å². The number of halogens is 1. The topological polar surface area (TPSA) is 12.9 Å². The van der Waals surface area contributed by atoms with Gasteiger partial charge in [0, 0.05) is 10.7 Å². The summed E-state index contributed by atoms with van der Waals surface area (Å²) in [5, 5.41) is 0. The van der Waals surface area contributed by atoms with Crippen LogP contribution in [-0.4, -0.2) is 4.98 Å². The monoisotopic (exact) mass is 259 g/mol. The lowest BCUT2D eigenvalue weighted by Crippen LogP contribution is -1.76. The Morgan fingerprint density at radius 3 is 2.40 bits per heavy atom. The number of pyridine rings is 1. The van der Waals surface area contributed by atoms with Gasteiger partial charge in [0.2, 0.25) is 0 Å². The van der Waals surface area contributed by atoms with Crippen molar-refractivity contribution in [2.75, 3.05) is 0 Å². The second-order valence-corrected chi connectivity index (χ2v) is 4.06. The van der Waals surface area contributed by atoms with Gasteiger partial charge in [-0.05, 0) is 35.9 Å². The SMILES string of the molecule is Brc1ccc(C=Cc2ccccn2)cc1. The quantitative estimate of drug-likeness (QED) is 0.794. The maximum atomic E-state index is 4.22. The molecule has 0 aliphatic rings. The third-order valence-corrected chi connectivity index (χ3v) is 2.53. The second kappa shape index (κ2) is 4.89. The summed E-state index contributed by atoms with van der Waals surface area (Å²) in [6.07, 6.45) is 5.85. The highest BCUT2D eigenvalue weighted by Gasteiger charge is 1.88. The fourth-order valence-electron chi connectivity index (χ4n) is 1.23. The lowest BCUT2D eigenvalue weighted by atomic mass is 10.2. The molecule has 0 saturated carbocycles. The molecule has 0 fully saturated rings. The van der Waals surface area contributed by atoms with Gasteiger partial charge in [-0.3, -0.25) is 4.98 Å². The maximum absolute atomic E-state index is 4.22. The smallest absolute Gasteiger partial charge is 0.0629 e. The Kier molecular flexibility index (Phi) is 3.30. The maximum Gasteiger partial charge on any atom is 0.0629 e. The van der Waals surface area contributed by atoms with Gasteiger partial charge < -0.3 is 0 Å². The van der Waals surface area contributed by atoms with E-state index in [1.54, 1.807) is 6.20 Å². The highest BCUT2D eigenvalue weighted by Crippen LogP contribution is 2.12. The standard InChI is InChI=1S/C13H10BrN/c14-12-7-4-11(5-8-12)6-9-13-3-1-2-10-15-13/h1-10H. The molecule has 2 rings (SSSR count). The molecule has 0 saturated heterocycles. The summed E-state index contributed by atoms with van der Waals surface area (Å²) in [5.74, 6) is 0. The minimum atomic E-state index is 0.973. The first kappa shape index (κ1) is 10.1. The van der Waals surface area contributed by atoms with Gasteiger partial charge in [-0.25, -0.2) is 0 Å². The van der Waals surface area contributed by atoms with Crippen LogP contribution in [0.25, 0.3) is 12.2 Å². The fourth-order valence-corrected chi connectivity index (χ4v) is 1.49. The fraction of sp³-hybridized carbons (Fsp3) is 0. The predicted octanol–water partition coefficient (Wildman–Crippen LogP) is 4.01. The van der Waals surface area contributed by atoms with Crippen molar-refractivity contribution < 1.29 is 0 Å². The average Bonchev–Trinajstić information content (AvgIpc) is 2.30. The van der Waals surface area contributed by atoms with E-state index in [1.807, 2.05) is 36.4 Å². The van der Waals surface area contributed by atoms with Gasteiger partial charge in [-0.2, -0.15) is 0 Å². The van der Waals surface area contributed by atoms with Crippen molar-refractivity contribution in [2.24, 2.45) is 0 Å². The Morgan fingerprint density at radius 1 is 0.933 bits per heavy atom. The van der Waals surface area contributed by atoms with Crippen molar-refractivity contribution in [3.8, 4) is 0 Å². The van der Waals surface area contributed by atoms with Crippen LogP contribution < -0.4 is 0 Å². The first-order valence-electron chi connectivity index (χ1n) is 4.69. The lowest BCUT2D eigenvalue weighted by Gasteiger charge is -1.94. The van der Waals surface area contributed by atoms with Gasteiger partial charge in [-0.1, -0.05) is 40.2 Å². The van der Waals surface area contributed by atoms with Crippen LogP contribution in [0.3, 0.4) is 0 Å². The largest absolute Gasteiger partial charge is 0.257 e. The minimum Gasteiger partial charge on any atom is -0.257 e. The highest BCUT2D eigenvalue weighted by molar-refractivity contribution is 9.10. The molecule has 74 valence electrons. The van der Waals surface area contributed by atoms with E-state index in [-0.39, 0.29) is 0 Å². The van der Waals surface area contributed by atoms with Crippen molar-refractivity contribution in [3.05, 3.63) is 64.4 Å². The normalized spacial score (nSPS) is 10.7. The summed E-state index contributed by atoms with van der Waals surface area (Å²) in [6.45, 7) is 0. The second-order valence-electron chi connectivity index (χ2n) is 3.14. The zero-order valence-corrected chi connectivity index (χ0v) is 9.68. The number of aromatic nitrogens is 1. The number of rotatable bonds is 2. The van der Waals surface area contributed by atoms with E-state index in [9.17, 15) is 0 Å².